The van der Waals surface area contributed by atoms with Crippen molar-refractivity contribution in [1.29, 1.82) is 0 Å². The second-order valence-corrected chi connectivity index (χ2v) is 5.75. The number of nitrogens with one attached hydrogen (secondary N) is 1. The van der Waals surface area contributed by atoms with Gasteiger partial charge in [-0.3, -0.25) is 9.97 Å². The molecule has 3 rings (SSSR count). The molecule has 0 fully saturated rings. The van der Waals surface area contributed by atoms with Crippen LogP contribution in [0, 0.1) is 5.82 Å². The Morgan fingerprint density at radius 1 is 1.15 bits per heavy atom. The predicted octanol–water partition coefficient (Wildman–Crippen LogP) is 3.06. The zero-order valence-electron chi connectivity index (χ0n) is 14.7. The average molecular weight is 365 g/mol. The van der Waals surface area contributed by atoms with Crippen molar-refractivity contribution >= 4 is 5.96 Å². The lowest BCUT2D eigenvalue weighted by molar-refractivity contribution is 0.440. The van der Waals surface area contributed by atoms with E-state index in [2.05, 4.69) is 20.3 Å². The minimum atomic E-state index is -0.465. The molecule has 0 amide bonds. The Labute approximate surface area is 157 Å². The number of guanidine groups is 1. The van der Waals surface area contributed by atoms with Crippen LogP contribution in [0.2, 0.25) is 0 Å². The van der Waals surface area contributed by atoms with E-state index in [9.17, 15) is 4.39 Å². The molecule has 0 radical (unpaired) electrons. The summed E-state index contributed by atoms with van der Waals surface area (Å²) < 4.78 is 19.7. The van der Waals surface area contributed by atoms with E-state index >= 15 is 0 Å². The quantitative estimate of drug-likeness (QED) is 0.496. The topological polar surface area (TPSA) is 85.4 Å². The summed E-state index contributed by atoms with van der Waals surface area (Å²) in [7, 11) is 0. The second-order valence-electron chi connectivity index (χ2n) is 5.75. The van der Waals surface area contributed by atoms with Crippen molar-refractivity contribution in [2.75, 3.05) is 6.54 Å². The zero-order valence-corrected chi connectivity index (χ0v) is 14.7. The number of hydrogen-bond acceptors (Lipinski definition) is 4. The lowest BCUT2D eigenvalue weighted by Gasteiger charge is -2.08. The summed E-state index contributed by atoms with van der Waals surface area (Å²) in [5.74, 6) is 0.455. The fraction of sp³-hybridized carbons (Fsp3) is 0.150. The van der Waals surface area contributed by atoms with E-state index in [4.69, 9.17) is 10.5 Å². The second kappa shape index (κ2) is 9.28. The van der Waals surface area contributed by atoms with Crippen molar-refractivity contribution in [3.05, 3.63) is 84.2 Å². The molecule has 27 heavy (non-hydrogen) atoms. The normalized spacial score (nSPS) is 11.2. The average Bonchev–Trinajstić information content (AvgIpc) is 2.70. The number of aromatic nitrogens is 2. The fourth-order valence-corrected chi connectivity index (χ4v) is 2.36. The number of benzene rings is 1. The van der Waals surface area contributed by atoms with Crippen molar-refractivity contribution in [1.82, 2.24) is 15.3 Å². The summed E-state index contributed by atoms with van der Waals surface area (Å²) in [4.78, 5) is 12.4. The SMILES string of the molecule is NC(=NCc1ccc(Oc2cccnc2)c(F)c1)NCCc1ccccn1. The highest BCUT2D eigenvalue weighted by Crippen LogP contribution is 2.24. The summed E-state index contributed by atoms with van der Waals surface area (Å²) in [6.07, 6.45) is 5.64. The Morgan fingerprint density at radius 3 is 2.81 bits per heavy atom. The molecular weight excluding hydrogens is 345 g/mol. The molecule has 0 unspecified atom stereocenters. The first-order valence-corrected chi connectivity index (χ1v) is 8.51. The molecule has 0 atom stereocenters. The minimum Gasteiger partial charge on any atom is -0.453 e. The van der Waals surface area contributed by atoms with Crippen molar-refractivity contribution in [3.63, 3.8) is 0 Å². The van der Waals surface area contributed by atoms with Crippen molar-refractivity contribution in [3.8, 4) is 11.5 Å². The molecule has 0 saturated heterocycles. The molecule has 0 aliphatic heterocycles. The molecular formula is C20H20FN5O. The van der Waals surface area contributed by atoms with Crippen LogP contribution in [0.3, 0.4) is 0 Å². The third-order valence-corrected chi connectivity index (χ3v) is 3.70. The van der Waals surface area contributed by atoms with Gasteiger partial charge in [-0.15, -0.1) is 0 Å². The Bertz CT molecular complexity index is 887. The first-order chi connectivity index (χ1) is 13.2. The number of rotatable bonds is 7. The van der Waals surface area contributed by atoms with Gasteiger partial charge < -0.3 is 15.8 Å². The fourth-order valence-electron chi connectivity index (χ4n) is 2.36. The predicted molar refractivity (Wildman–Crippen MR) is 102 cm³/mol. The number of ether oxygens (including phenoxy) is 1. The van der Waals surface area contributed by atoms with E-state index < -0.39 is 5.82 Å². The molecule has 2 aromatic heterocycles. The van der Waals surface area contributed by atoms with Crippen LogP contribution in [0.25, 0.3) is 0 Å². The van der Waals surface area contributed by atoms with Crippen LogP contribution in [0.15, 0.2) is 72.1 Å². The number of hydrogen-bond donors (Lipinski definition) is 2. The molecule has 0 aliphatic rings. The van der Waals surface area contributed by atoms with Gasteiger partial charge in [-0.05, 0) is 42.0 Å². The summed E-state index contributed by atoms with van der Waals surface area (Å²) in [5.41, 5.74) is 7.52. The van der Waals surface area contributed by atoms with Gasteiger partial charge in [0.1, 0.15) is 5.75 Å². The highest BCUT2D eigenvalue weighted by atomic mass is 19.1. The molecule has 6 nitrogen and oxygen atoms in total. The highest BCUT2D eigenvalue weighted by Gasteiger charge is 2.06. The molecule has 1 aromatic carbocycles. The maximum absolute atomic E-state index is 14.2. The standard InChI is InChI=1S/C20H20FN5O/c21-18-12-15(6-7-19(18)27-17-5-3-9-23-14-17)13-26-20(22)25-11-8-16-4-1-2-10-24-16/h1-7,9-10,12,14H,8,11,13H2,(H3,22,25,26). The molecule has 0 saturated carbocycles. The van der Waals surface area contributed by atoms with Gasteiger partial charge in [0, 0.05) is 31.1 Å². The summed E-state index contributed by atoms with van der Waals surface area (Å²) in [6, 6.07) is 13.9. The monoisotopic (exact) mass is 365 g/mol. The molecule has 3 aromatic rings. The largest absolute Gasteiger partial charge is 0.453 e. The lowest BCUT2D eigenvalue weighted by Crippen LogP contribution is -2.33. The maximum Gasteiger partial charge on any atom is 0.188 e. The van der Waals surface area contributed by atoms with Crippen molar-refractivity contribution in [2.24, 2.45) is 10.7 Å². The van der Waals surface area contributed by atoms with Crippen molar-refractivity contribution in [2.45, 2.75) is 13.0 Å². The van der Waals surface area contributed by atoms with Gasteiger partial charge in [0.15, 0.2) is 17.5 Å². The van der Waals surface area contributed by atoms with Crippen molar-refractivity contribution < 1.29 is 9.13 Å². The molecule has 7 heteroatoms. The van der Waals surface area contributed by atoms with Crippen LogP contribution in [0.4, 0.5) is 4.39 Å². The van der Waals surface area contributed by atoms with Crippen LogP contribution >= 0.6 is 0 Å². The minimum absolute atomic E-state index is 0.136. The van der Waals surface area contributed by atoms with E-state index in [0.717, 1.165) is 12.1 Å². The van der Waals surface area contributed by atoms with E-state index in [1.54, 1.807) is 36.7 Å². The number of pyridine rings is 2. The van der Waals surface area contributed by atoms with Gasteiger partial charge in [0.2, 0.25) is 0 Å². The Hall–Kier alpha value is -3.48. The molecule has 0 aliphatic carbocycles. The first-order valence-electron chi connectivity index (χ1n) is 8.51. The Morgan fingerprint density at radius 2 is 2.07 bits per heavy atom. The third-order valence-electron chi connectivity index (χ3n) is 3.70. The summed E-state index contributed by atoms with van der Waals surface area (Å²) in [5, 5.41) is 3.02. The zero-order chi connectivity index (χ0) is 18.9. The number of nitrogens with two attached hydrogens (primary N) is 1. The van der Waals surface area contributed by atoms with Gasteiger partial charge in [-0.25, -0.2) is 9.38 Å². The van der Waals surface area contributed by atoms with Crippen LogP contribution in [0.1, 0.15) is 11.3 Å². The molecule has 138 valence electrons. The molecule has 3 N–H and O–H groups in total. The summed E-state index contributed by atoms with van der Waals surface area (Å²) in [6.45, 7) is 0.894. The van der Waals surface area contributed by atoms with Gasteiger partial charge in [0.05, 0.1) is 12.7 Å². The number of aliphatic imine (C=N–C) groups is 1. The maximum atomic E-state index is 14.2. The third kappa shape index (κ3) is 5.78. The van der Waals surface area contributed by atoms with Gasteiger partial charge in [-0.2, -0.15) is 0 Å². The lowest BCUT2D eigenvalue weighted by atomic mass is 10.2. The van der Waals surface area contributed by atoms with E-state index in [1.165, 1.54) is 12.3 Å². The van der Waals surface area contributed by atoms with E-state index in [-0.39, 0.29) is 12.3 Å². The van der Waals surface area contributed by atoms with E-state index in [0.29, 0.717) is 23.8 Å². The Kier molecular flexibility index (Phi) is 6.30. The number of halogens is 1. The Balaban J connectivity index is 1.51. The van der Waals surface area contributed by atoms with Gasteiger partial charge in [0.25, 0.3) is 0 Å². The highest BCUT2D eigenvalue weighted by molar-refractivity contribution is 5.77. The smallest absolute Gasteiger partial charge is 0.188 e. The molecule has 2 heterocycles. The van der Waals surface area contributed by atoms with Crippen LogP contribution in [-0.2, 0) is 13.0 Å². The van der Waals surface area contributed by atoms with E-state index in [1.807, 2.05) is 18.2 Å². The first kappa shape index (κ1) is 18.3. The summed E-state index contributed by atoms with van der Waals surface area (Å²) >= 11 is 0. The van der Waals surface area contributed by atoms with Crippen LogP contribution < -0.4 is 15.8 Å². The van der Waals surface area contributed by atoms with Crippen LogP contribution in [-0.4, -0.2) is 22.5 Å². The molecule has 0 spiro atoms. The molecule has 0 bridgehead atoms. The van der Waals surface area contributed by atoms with Crippen LogP contribution in [0.5, 0.6) is 11.5 Å². The van der Waals surface area contributed by atoms with Gasteiger partial charge >= 0.3 is 0 Å². The van der Waals surface area contributed by atoms with Gasteiger partial charge in [-0.1, -0.05) is 12.1 Å². The number of nitrogens with zero attached hydrogens (tertiary/aromatic N) is 3.